The minimum atomic E-state index is -0.457. The van der Waals surface area contributed by atoms with E-state index in [1.807, 2.05) is 6.08 Å². The van der Waals surface area contributed by atoms with Crippen molar-refractivity contribution in [2.75, 3.05) is 6.61 Å². The number of carbonyl (C=O) groups excluding carboxylic acids is 2. The molecule has 3 heteroatoms. The first-order valence-corrected chi connectivity index (χ1v) is 9.96. The normalized spacial score (nSPS) is 50.5. The number of fused-ring (bicyclic) bond motifs is 6. The summed E-state index contributed by atoms with van der Waals surface area (Å²) >= 11 is 0. The van der Waals surface area contributed by atoms with Gasteiger partial charge in [-0.1, -0.05) is 12.5 Å². The van der Waals surface area contributed by atoms with Crippen molar-refractivity contribution in [3.8, 4) is 0 Å². The van der Waals surface area contributed by atoms with E-state index in [1.54, 1.807) is 0 Å². The van der Waals surface area contributed by atoms with E-state index in [1.165, 1.54) is 18.4 Å². The van der Waals surface area contributed by atoms with Crippen molar-refractivity contribution in [2.45, 2.75) is 70.3 Å². The van der Waals surface area contributed by atoms with Crippen LogP contribution < -0.4 is 0 Å². The summed E-state index contributed by atoms with van der Waals surface area (Å²) in [5.41, 5.74) is 1.03. The molecule has 130 valence electrons. The molecule has 0 radical (unpaired) electrons. The molecule has 3 nitrogen and oxygen atoms in total. The minimum absolute atomic E-state index is 0.0491. The van der Waals surface area contributed by atoms with Crippen molar-refractivity contribution < 1.29 is 14.3 Å². The van der Waals surface area contributed by atoms with E-state index in [-0.39, 0.29) is 5.41 Å². The maximum absolute atomic E-state index is 12.7. The van der Waals surface area contributed by atoms with Gasteiger partial charge in [-0.2, -0.15) is 0 Å². The van der Waals surface area contributed by atoms with Crippen molar-refractivity contribution >= 4 is 11.6 Å². The van der Waals surface area contributed by atoms with Crippen LogP contribution in [-0.4, -0.2) is 23.8 Å². The monoisotopic (exact) mass is 328 g/mol. The Bertz CT molecular complexity index is 635. The Kier molecular flexibility index (Phi) is 3.21. The van der Waals surface area contributed by atoms with Gasteiger partial charge in [0.15, 0.2) is 11.6 Å². The first-order valence-electron chi connectivity index (χ1n) is 9.96. The third-order valence-corrected chi connectivity index (χ3v) is 8.55. The van der Waals surface area contributed by atoms with Crippen LogP contribution in [0.5, 0.6) is 0 Å². The second kappa shape index (κ2) is 5.03. The number of Topliss-reactive ketones (excluding diaryl/α,β-unsaturated/α-hetero) is 1. The molecule has 4 fully saturated rings. The molecule has 6 atom stereocenters. The molecule has 0 aromatic heterocycles. The first kappa shape index (κ1) is 15.3. The Labute approximate surface area is 144 Å². The second-order valence-corrected chi connectivity index (χ2v) is 9.15. The lowest BCUT2D eigenvalue weighted by molar-refractivity contribution is -0.156. The molecule has 5 rings (SSSR count). The average Bonchev–Trinajstić information content (AvgIpc) is 3.09. The molecule has 0 unspecified atom stereocenters. The smallest absolute Gasteiger partial charge is 0.167 e. The SMILES string of the molecule is C[C@]12CC[C@H]3[C@@H](CCC4=CC(=O)CC[C@@H]43)[C@@H]1CC[C@]21OCCC1=O. The molecule has 1 saturated heterocycles. The summed E-state index contributed by atoms with van der Waals surface area (Å²) in [4.78, 5) is 24.5. The maximum atomic E-state index is 12.7. The molecule has 24 heavy (non-hydrogen) atoms. The van der Waals surface area contributed by atoms with Crippen LogP contribution in [0.25, 0.3) is 0 Å². The minimum Gasteiger partial charge on any atom is -0.366 e. The molecular weight excluding hydrogens is 300 g/mol. The highest BCUT2D eigenvalue weighted by Gasteiger charge is 2.67. The third-order valence-electron chi connectivity index (χ3n) is 8.55. The van der Waals surface area contributed by atoms with Crippen LogP contribution in [0.15, 0.2) is 11.6 Å². The Hall–Kier alpha value is -0.960. The van der Waals surface area contributed by atoms with Crippen molar-refractivity contribution in [3.05, 3.63) is 11.6 Å². The van der Waals surface area contributed by atoms with E-state index in [0.717, 1.165) is 50.4 Å². The number of hydrogen-bond acceptors (Lipinski definition) is 3. The highest BCUT2D eigenvalue weighted by atomic mass is 16.5. The van der Waals surface area contributed by atoms with Gasteiger partial charge in [-0.25, -0.2) is 0 Å². The van der Waals surface area contributed by atoms with Gasteiger partial charge in [-0.15, -0.1) is 0 Å². The number of ketones is 2. The number of ether oxygens (including phenoxy) is 1. The Balaban J connectivity index is 1.48. The summed E-state index contributed by atoms with van der Waals surface area (Å²) in [5.74, 6) is 3.47. The van der Waals surface area contributed by atoms with Crippen molar-refractivity contribution in [1.82, 2.24) is 0 Å². The van der Waals surface area contributed by atoms with Gasteiger partial charge in [0.05, 0.1) is 6.61 Å². The molecule has 0 bridgehead atoms. The van der Waals surface area contributed by atoms with Gasteiger partial charge in [0.25, 0.3) is 0 Å². The summed E-state index contributed by atoms with van der Waals surface area (Å²) in [6, 6.07) is 0. The molecule has 1 spiro atoms. The predicted octanol–water partition coefficient (Wildman–Crippen LogP) is 3.86. The molecule has 0 N–H and O–H groups in total. The molecule has 0 amide bonds. The zero-order valence-corrected chi connectivity index (χ0v) is 14.7. The van der Waals surface area contributed by atoms with E-state index < -0.39 is 5.60 Å². The summed E-state index contributed by atoms with van der Waals surface area (Å²) in [6.45, 7) is 2.99. The van der Waals surface area contributed by atoms with Crippen LogP contribution in [0, 0.1) is 29.1 Å². The molecule has 3 saturated carbocycles. The zero-order valence-electron chi connectivity index (χ0n) is 14.7. The molecular formula is C21H28O3. The quantitative estimate of drug-likeness (QED) is 0.678. The number of allylic oxidation sites excluding steroid dienone is 1. The molecule has 5 aliphatic rings. The fourth-order valence-electron chi connectivity index (χ4n) is 7.47. The number of carbonyl (C=O) groups is 2. The fourth-order valence-corrected chi connectivity index (χ4v) is 7.47. The second-order valence-electron chi connectivity index (χ2n) is 9.15. The molecule has 4 aliphatic carbocycles. The van der Waals surface area contributed by atoms with Crippen LogP contribution in [0.3, 0.4) is 0 Å². The Morgan fingerprint density at radius 2 is 1.88 bits per heavy atom. The lowest BCUT2D eigenvalue weighted by atomic mass is 9.50. The van der Waals surface area contributed by atoms with Crippen LogP contribution in [-0.2, 0) is 14.3 Å². The van der Waals surface area contributed by atoms with Crippen LogP contribution >= 0.6 is 0 Å². The molecule has 1 aliphatic heterocycles. The summed E-state index contributed by atoms with van der Waals surface area (Å²) in [7, 11) is 0. The van der Waals surface area contributed by atoms with Gasteiger partial charge in [0, 0.05) is 18.3 Å². The number of rotatable bonds is 0. The molecule has 0 aromatic rings. The average molecular weight is 328 g/mol. The lowest BCUT2D eigenvalue weighted by Gasteiger charge is -2.55. The van der Waals surface area contributed by atoms with Crippen molar-refractivity contribution in [3.63, 3.8) is 0 Å². The largest absolute Gasteiger partial charge is 0.366 e. The topological polar surface area (TPSA) is 43.4 Å². The van der Waals surface area contributed by atoms with Crippen LogP contribution in [0.1, 0.15) is 64.7 Å². The summed E-state index contributed by atoms with van der Waals surface area (Å²) < 4.78 is 6.18. The highest BCUT2D eigenvalue weighted by molar-refractivity contribution is 5.91. The van der Waals surface area contributed by atoms with E-state index in [0.29, 0.717) is 36.4 Å². The van der Waals surface area contributed by atoms with Gasteiger partial charge >= 0.3 is 0 Å². The van der Waals surface area contributed by atoms with E-state index >= 15 is 0 Å². The van der Waals surface area contributed by atoms with E-state index in [4.69, 9.17) is 4.74 Å². The molecule has 1 heterocycles. The first-order chi connectivity index (χ1) is 11.6. The fraction of sp³-hybridized carbons (Fsp3) is 0.810. The number of hydrogen-bond donors (Lipinski definition) is 0. The van der Waals surface area contributed by atoms with Crippen LogP contribution in [0.2, 0.25) is 0 Å². The third kappa shape index (κ3) is 1.77. The zero-order chi connectivity index (χ0) is 16.5. The lowest BCUT2D eigenvalue weighted by Crippen LogP contribution is -2.55. The van der Waals surface area contributed by atoms with E-state index in [2.05, 4.69) is 6.92 Å². The van der Waals surface area contributed by atoms with Gasteiger partial charge in [0.2, 0.25) is 0 Å². The Morgan fingerprint density at radius 1 is 1.00 bits per heavy atom. The summed E-state index contributed by atoms with van der Waals surface area (Å²) in [6.07, 6.45) is 11.2. The van der Waals surface area contributed by atoms with Crippen molar-refractivity contribution in [1.29, 1.82) is 0 Å². The van der Waals surface area contributed by atoms with E-state index in [9.17, 15) is 9.59 Å². The Morgan fingerprint density at radius 3 is 2.67 bits per heavy atom. The van der Waals surface area contributed by atoms with Crippen molar-refractivity contribution in [2.24, 2.45) is 29.1 Å². The maximum Gasteiger partial charge on any atom is 0.167 e. The van der Waals surface area contributed by atoms with Gasteiger partial charge in [0.1, 0.15) is 5.60 Å². The standard InChI is InChI=1S/C21H28O3/c1-20-9-6-16-15-5-3-14(22)12-13(15)2-4-17(16)18(20)7-10-21(20)19(23)8-11-24-21/h12,15-18H,2-11H2,1H3/t15-,16+,17+,18-,20-,21+/m0/s1. The summed E-state index contributed by atoms with van der Waals surface area (Å²) in [5, 5.41) is 0. The van der Waals surface area contributed by atoms with Gasteiger partial charge in [-0.3, -0.25) is 9.59 Å². The van der Waals surface area contributed by atoms with Crippen LogP contribution in [0.4, 0.5) is 0 Å². The van der Waals surface area contributed by atoms with Gasteiger partial charge in [-0.05, 0) is 74.7 Å². The molecule has 0 aromatic carbocycles. The highest BCUT2D eigenvalue weighted by Crippen LogP contribution is 2.66. The van der Waals surface area contributed by atoms with Gasteiger partial charge < -0.3 is 4.74 Å². The predicted molar refractivity (Wildman–Crippen MR) is 90.4 cm³/mol.